The lowest BCUT2D eigenvalue weighted by molar-refractivity contribution is 0.0672. The summed E-state index contributed by atoms with van der Waals surface area (Å²) in [5.74, 6) is -0.544. The summed E-state index contributed by atoms with van der Waals surface area (Å²) in [5, 5.41) is 8.91. The second kappa shape index (κ2) is 5.05. The normalized spacial score (nSPS) is 19.2. The van der Waals surface area contributed by atoms with Crippen molar-refractivity contribution >= 4 is 11.7 Å². The van der Waals surface area contributed by atoms with E-state index in [1.54, 1.807) is 6.07 Å². The molecular formula is C12H15NO4. The summed E-state index contributed by atoms with van der Waals surface area (Å²) in [4.78, 5) is 10.9. The maximum absolute atomic E-state index is 10.9. The van der Waals surface area contributed by atoms with Crippen molar-refractivity contribution in [2.45, 2.75) is 18.9 Å². The quantitative estimate of drug-likeness (QED) is 0.776. The van der Waals surface area contributed by atoms with Gasteiger partial charge in [-0.1, -0.05) is 0 Å². The van der Waals surface area contributed by atoms with E-state index in [1.807, 2.05) is 0 Å². The topological polar surface area (TPSA) is 81.8 Å². The third kappa shape index (κ3) is 2.88. The highest BCUT2D eigenvalue weighted by atomic mass is 16.5. The number of carboxylic acid groups (broad SMARTS) is 1. The standard InChI is InChI=1S/C12H15NO4/c13-11-4-3-8(6-10(11)12(14)15)17-7-9-2-1-5-16-9/h3-4,6,9H,1-2,5,7,13H2,(H,14,15). The third-order valence-corrected chi connectivity index (χ3v) is 2.72. The van der Waals surface area contributed by atoms with Gasteiger partial charge < -0.3 is 20.3 Å². The van der Waals surface area contributed by atoms with E-state index in [2.05, 4.69) is 0 Å². The average molecular weight is 237 g/mol. The minimum absolute atomic E-state index is 0.0647. The zero-order chi connectivity index (χ0) is 12.3. The van der Waals surface area contributed by atoms with Gasteiger partial charge in [-0.05, 0) is 31.0 Å². The summed E-state index contributed by atoms with van der Waals surface area (Å²) in [5.41, 5.74) is 5.85. The first-order chi connectivity index (χ1) is 8.16. The summed E-state index contributed by atoms with van der Waals surface area (Å²) >= 11 is 0. The zero-order valence-electron chi connectivity index (χ0n) is 9.39. The van der Waals surface area contributed by atoms with E-state index in [1.165, 1.54) is 12.1 Å². The SMILES string of the molecule is Nc1ccc(OCC2CCCO2)cc1C(=O)O. The second-order valence-corrected chi connectivity index (χ2v) is 4.00. The van der Waals surface area contributed by atoms with E-state index in [0.29, 0.717) is 12.4 Å². The lowest BCUT2D eigenvalue weighted by Gasteiger charge is -2.12. The molecule has 5 heteroatoms. The fraction of sp³-hybridized carbons (Fsp3) is 0.417. The van der Waals surface area contributed by atoms with Crippen molar-refractivity contribution < 1.29 is 19.4 Å². The Morgan fingerprint density at radius 2 is 2.41 bits per heavy atom. The molecule has 92 valence electrons. The molecule has 1 saturated heterocycles. The third-order valence-electron chi connectivity index (χ3n) is 2.72. The molecule has 0 saturated carbocycles. The van der Waals surface area contributed by atoms with Crippen LogP contribution in [0.15, 0.2) is 18.2 Å². The molecular weight excluding hydrogens is 222 g/mol. The van der Waals surface area contributed by atoms with Crippen LogP contribution < -0.4 is 10.5 Å². The summed E-state index contributed by atoms with van der Waals surface area (Å²) in [7, 11) is 0. The van der Waals surface area contributed by atoms with Crippen molar-refractivity contribution in [1.82, 2.24) is 0 Å². The summed E-state index contributed by atoms with van der Waals surface area (Å²) in [6.07, 6.45) is 2.15. The Labute approximate surface area is 99.1 Å². The predicted molar refractivity (Wildman–Crippen MR) is 62.3 cm³/mol. The number of carbonyl (C=O) groups is 1. The van der Waals surface area contributed by atoms with Crippen molar-refractivity contribution in [1.29, 1.82) is 0 Å². The van der Waals surface area contributed by atoms with Gasteiger partial charge in [0.05, 0.1) is 11.7 Å². The van der Waals surface area contributed by atoms with Gasteiger partial charge >= 0.3 is 5.97 Å². The molecule has 0 bridgehead atoms. The van der Waals surface area contributed by atoms with Crippen LogP contribution in [0.1, 0.15) is 23.2 Å². The number of hydrogen-bond donors (Lipinski definition) is 2. The van der Waals surface area contributed by atoms with E-state index in [9.17, 15) is 4.79 Å². The van der Waals surface area contributed by atoms with Gasteiger partial charge in [0.1, 0.15) is 12.4 Å². The van der Waals surface area contributed by atoms with Crippen molar-refractivity contribution in [3.05, 3.63) is 23.8 Å². The predicted octanol–water partition coefficient (Wildman–Crippen LogP) is 1.52. The first-order valence-corrected chi connectivity index (χ1v) is 5.54. The number of nitrogens with two attached hydrogens (primary N) is 1. The highest BCUT2D eigenvalue weighted by molar-refractivity contribution is 5.94. The largest absolute Gasteiger partial charge is 0.491 e. The van der Waals surface area contributed by atoms with E-state index in [-0.39, 0.29) is 17.4 Å². The molecule has 0 aromatic heterocycles. The smallest absolute Gasteiger partial charge is 0.337 e. The van der Waals surface area contributed by atoms with Gasteiger partial charge in [0.2, 0.25) is 0 Å². The molecule has 1 heterocycles. The minimum Gasteiger partial charge on any atom is -0.491 e. The van der Waals surface area contributed by atoms with Gasteiger partial charge in [0.15, 0.2) is 0 Å². The summed E-state index contributed by atoms with van der Waals surface area (Å²) in [6, 6.07) is 4.64. The van der Waals surface area contributed by atoms with E-state index < -0.39 is 5.97 Å². The number of aromatic carboxylic acids is 1. The Kier molecular flexibility index (Phi) is 3.49. The molecule has 3 N–H and O–H groups in total. The van der Waals surface area contributed by atoms with Crippen molar-refractivity contribution in [2.75, 3.05) is 18.9 Å². The first kappa shape index (κ1) is 11.7. The Balaban J connectivity index is 2.00. The molecule has 1 aliphatic rings. The number of benzene rings is 1. The molecule has 5 nitrogen and oxygen atoms in total. The number of ether oxygens (including phenoxy) is 2. The van der Waals surface area contributed by atoms with E-state index >= 15 is 0 Å². The Morgan fingerprint density at radius 1 is 1.59 bits per heavy atom. The highest BCUT2D eigenvalue weighted by Crippen LogP contribution is 2.21. The van der Waals surface area contributed by atoms with Crippen LogP contribution in [-0.4, -0.2) is 30.4 Å². The van der Waals surface area contributed by atoms with Crippen LogP contribution in [0.25, 0.3) is 0 Å². The number of carboxylic acids is 1. The van der Waals surface area contributed by atoms with E-state index in [4.69, 9.17) is 20.3 Å². The van der Waals surface area contributed by atoms with Gasteiger partial charge in [-0.3, -0.25) is 0 Å². The molecule has 1 aliphatic heterocycles. The van der Waals surface area contributed by atoms with Crippen LogP contribution in [0.4, 0.5) is 5.69 Å². The number of anilines is 1. The molecule has 0 spiro atoms. The number of nitrogen functional groups attached to an aromatic ring is 1. The molecule has 2 rings (SSSR count). The van der Waals surface area contributed by atoms with Crippen molar-refractivity contribution in [2.24, 2.45) is 0 Å². The van der Waals surface area contributed by atoms with Crippen LogP contribution in [0.5, 0.6) is 5.75 Å². The molecule has 1 fully saturated rings. The molecule has 1 aromatic rings. The zero-order valence-corrected chi connectivity index (χ0v) is 9.39. The van der Waals surface area contributed by atoms with Crippen molar-refractivity contribution in [3.63, 3.8) is 0 Å². The van der Waals surface area contributed by atoms with Crippen LogP contribution in [-0.2, 0) is 4.74 Å². The van der Waals surface area contributed by atoms with Gasteiger partial charge in [0.25, 0.3) is 0 Å². The first-order valence-electron chi connectivity index (χ1n) is 5.54. The fourth-order valence-corrected chi connectivity index (χ4v) is 1.78. The maximum atomic E-state index is 10.9. The van der Waals surface area contributed by atoms with Crippen LogP contribution in [0.2, 0.25) is 0 Å². The Hall–Kier alpha value is -1.75. The fourth-order valence-electron chi connectivity index (χ4n) is 1.78. The molecule has 1 atom stereocenters. The minimum atomic E-state index is -1.05. The monoisotopic (exact) mass is 237 g/mol. The Morgan fingerprint density at radius 3 is 3.06 bits per heavy atom. The molecule has 0 radical (unpaired) electrons. The highest BCUT2D eigenvalue weighted by Gasteiger charge is 2.16. The lowest BCUT2D eigenvalue weighted by Crippen LogP contribution is -2.16. The van der Waals surface area contributed by atoms with Crippen molar-refractivity contribution in [3.8, 4) is 5.75 Å². The molecule has 1 aromatic carbocycles. The van der Waals surface area contributed by atoms with Crippen LogP contribution in [0.3, 0.4) is 0 Å². The molecule has 17 heavy (non-hydrogen) atoms. The number of rotatable bonds is 4. The van der Waals surface area contributed by atoms with Crippen LogP contribution >= 0.6 is 0 Å². The van der Waals surface area contributed by atoms with Gasteiger partial charge in [-0.25, -0.2) is 4.79 Å². The summed E-state index contributed by atoms with van der Waals surface area (Å²) < 4.78 is 10.9. The Bertz CT molecular complexity index is 413. The second-order valence-electron chi connectivity index (χ2n) is 4.00. The molecule has 0 amide bonds. The lowest BCUT2D eigenvalue weighted by atomic mass is 10.2. The maximum Gasteiger partial charge on any atom is 0.337 e. The van der Waals surface area contributed by atoms with Crippen LogP contribution in [0, 0.1) is 0 Å². The van der Waals surface area contributed by atoms with E-state index in [0.717, 1.165) is 19.4 Å². The van der Waals surface area contributed by atoms with Gasteiger partial charge in [-0.2, -0.15) is 0 Å². The van der Waals surface area contributed by atoms with Gasteiger partial charge in [-0.15, -0.1) is 0 Å². The number of hydrogen-bond acceptors (Lipinski definition) is 4. The molecule has 0 aliphatic carbocycles. The van der Waals surface area contributed by atoms with Gasteiger partial charge in [0, 0.05) is 12.3 Å². The summed E-state index contributed by atoms with van der Waals surface area (Å²) in [6.45, 7) is 1.22. The molecule has 1 unspecified atom stereocenters. The average Bonchev–Trinajstić information content (AvgIpc) is 2.80.